The molecule has 0 aromatic carbocycles. The quantitative estimate of drug-likeness (QED) is 0.694. The molecule has 3 nitrogen and oxygen atoms in total. The van der Waals surface area contributed by atoms with Gasteiger partial charge >= 0.3 is 5.97 Å². The van der Waals surface area contributed by atoms with Crippen LogP contribution in [-0.4, -0.2) is 35.6 Å². The molecule has 1 saturated heterocycles. The van der Waals surface area contributed by atoms with Gasteiger partial charge in [0, 0.05) is 19.6 Å². The number of nitrogens with zero attached hydrogens (tertiary/aromatic N) is 1. The fraction of sp³-hybridized carbons (Fsp3) is 0.727. The molecular formula is C11H17NO2. The fourth-order valence-corrected chi connectivity index (χ4v) is 2.36. The molecule has 1 aliphatic carbocycles. The molecule has 0 aromatic heterocycles. The summed E-state index contributed by atoms with van der Waals surface area (Å²) in [6.45, 7) is 4.23. The highest BCUT2D eigenvalue weighted by Gasteiger charge is 2.45. The molecule has 1 N–H and O–H groups in total. The topological polar surface area (TPSA) is 40.5 Å². The second kappa shape index (κ2) is 3.39. The zero-order chi connectivity index (χ0) is 10.2. The van der Waals surface area contributed by atoms with Crippen molar-refractivity contribution < 1.29 is 9.90 Å². The Kier molecular flexibility index (Phi) is 2.35. The van der Waals surface area contributed by atoms with Crippen molar-refractivity contribution in [3.63, 3.8) is 0 Å². The number of carbonyl (C=O) groups is 1. The van der Waals surface area contributed by atoms with Gasteiger partial charge in [0.2, 0.25) is 0 Å². The van der Waals surface area contributed by atoms with Crippen LogP contribution in [0.1, 0.15) is 26.2 Å². The molecule has 1 fully saturated rings. The molecule has 0 bridgehead atoms. The third kappa shape index (κ3) is 1.69. The van der Waals surface area contributed by atoms with Gasteiger partial charge in [-0.15, -0.1) is 0 Å². The first-order valence-corrected chi connectivity index (χ1v) is 5.24. The molecule has 78 valence electrons. The van der Waals surface area contributed by atoms with E-state index in [-0.39, 0.29) is 0 Å². The van der Waals surface area contributed by atoms with Gasteiger partial charge < -0.3 is 5.11 Å². The van der Waals surface area contributed by atoms with Gasteiger partial charge in [-0.05, 0) is 26.2 Å². The van der Waals surface area contributed by atoms with E-state index in [4.69, 9.17) is 5.11 Å². The molecule has 0 amide bonds. The number of hydrogen-bond acceptors (Lipinski definition) is 2. The number of carboxylic acid groups (broad SMARTS) is 1. The third-order valence-electron chi connectivity index (χ3n) is 3.22. The van der Waals surface area contributed by atoms with Crippen molar-refractivity contribution in [2.45, 2.75) is 26.2 Å². The minimum Gasteiger partial charge on any atom is -0.481 e. The molecule has 14 heavy (non-hydrogen) atoms. The van der Waals surface area contributed by atoms with E-state index >= 15 is 0 Å². The summed E-state index contributed by atoms with van der Waals surface area (Å²) < 4.78 is 0. The molecule has 1 aliphatic heterocycles. The maximum Gasteiger partial charge on any atom is 0.311 e. The van der Waals surface area contributed by atoms with Crippen LogP contribution < -0.4 is 0 Å². The van der Waals surface area contributed by atoms with Crippen LogP contribution in [0, 0.1) is 5.41 Å². The molecule has 2 aliphatic rings. The molecular weight excluding hydrogens is 178 g/mol. The minimum atomic E-state index is -0.658. The summed E-state index contributed by atoms with van der Waals surface area (Å²) in [5.74, 6) is -0.658. The van der Waals surface area contributed by atoms with Gasteiger partial charge in [0.15, 0.2) is 0 Å². The zero-order valence-electron chi connectivity index (χ0n) is 8.62. The fourth-order valence-electron chi connectivity index (χ4n) is 2.36. The predicted octanol–water partition coefficient (Wildman–Crippen LogP) is 1.50. The van der Waals surface area contributed by atoms with E-state index in [9.17, 15) is 4.79 Å². The van der Waals surface area contributed by atoms with Gasteiger partial charge in [-0.25, -0.2) is 0 Å². The summed E-state index contributed by atoms with van der Waals surface area (Å²) in [4.78, 5) is 13.1. The molecule has 0 saturated carbocycles. The minimum absolute atomic E-state index is 0.487. The highest BCUT2D eigenvalue weighted by Crippen LogP contribution is 2.31. The summed E-state index contributed by atoms with van der Waals surface area (Å²) in [6.07, 6.45) is 6.00. The first-order valence-electron chi connectivity index (χ1n) is 5.24. The largest absolute Gasteiger partial charge is 0.481 e. The first-order chi connectivity index (χ1) is 6.60. The number of likely N-dealkylation sites (tertiary alicyclic amines) is 1. The van der Waals surface area contributed by atoms with Crippen molar-refractivity contribution >= 4 is 5.97 Å². The lowest BCUT2D eigenvalue weighted by Crippen LogP contribution is -2.58. The normalized spacial score (nSPS) is 25.6. The number of carboxylic acids is 1. The zero-order valence-corrected chi connectivity index (χ0v) is 8.62. The van der Waals surface area contributed by atoms with Gasteiger partial charge in [-0.2, -0.15) is 0 Å². The Labute approximate surface area is 84.4 Å². The molecule has 1 heterocycles. The summed E-state index contributed by atoms with van der Waals surface area (Å²) in [6, 6.07) is 0. The van der Waals surface area contributed by atoms with E-state index in [1.165, 1.54) is 24.8 Å². The van der Waals surface area contributed by atoms with Crippen LogP contribution in [0.15, 0.2) is 11.6 Å². The molecule has 0 unspecified atom stereocenters. The molecule has 3 heteroatoms. The van der Waals surface area contributed by atoms with Crippen molar-refractivity contribution in [3.8, 4) is 0 Å². The van der Waals surface area contributed by atoms with Crippen molar-refractivity contribution in [1.29, 1.82) is 0 Å². The van der Waals surface area contributed by atoms with E-state index in [1.54, 1.807) is 0 Å². The van der Waals surface area contributed by atoms with Crippen LogP contribution in [0.3, 0.4) is 0 Å². The SMILES string of the molecule is CC1(C(=O)O)CN(CC2=CCCC2)C1. The molecule has 0 aromatic rings. The average Bonchev–Trinajstić information content (AvgIpc) is 2.53. The molecule has 0 spiro atoms. The highest BCUT2D eigenvalue weighted by molar-refractivity contribution is 5.76. The number of rotatable bonds is 3. The monoisotopic (exact) mass is 195 g/mol. The standard InChI is InChI=1S/C11H17NO2/c1-11(10(13)14)7-12(8-11)6-9-4-2-3-5-9/h4H,2-3,5-8H2,1H3,(H,13,14). The first kappa shape index (κ1) is 9.71. The number of aliphatic carboxylic acids is 1. The summed E-state index contributed by atoms with van der Waals surface area (Å²) in [7, 11) is 0. The lowest BCUT2D eigenvalue weighted by Gasteiger charge is -2.45. The van der Waals surface area contributed by atoms with Crippen molar-refractivity contribution in [2.75, 3.05) is 19.6 Å². The number of hydrogen-bond donors (Lipinski definition) is 1. The third-order valence-corrected chi connectivity index (χ3v) is 3.22. The van der Waals surface area contributed by atoms with E-state index in [0.717, 1.165) is 6.54 Å². The Bertz CT molecular complexity index is 277. The van der Waals surface area contributed by atoms with E-state index < -0.39 is 11.4 Å². The number of allylic oxidation sites excluding steroid dienone is 1. The summed E-state index contributed by atoms with van der Waals surface area (Å²) >= 11 is 0. The maximum atomic E-state index is 10.8. The lowest BCUT2D eigenvalue weighted by molar-refractivity contribution is -0.158. The molecule has 0 atom stereocenters. The van der Waals surface area contributed by atoms with Gasteiger partial charge in [-0.3, -0.25) is 9.69 Å². The van der Waals surface area contributed by atoms with Crippen molar-refractivity contribution in [3.05, 3.63) is 11.6 Å². The molecule has 0 radical (unpaired) electrons. The van der Waals surface area contributed by atoms with Crippen molar-refractivity contribution in [2.24, 2.45) is 5.41 Å². The van der Waals surface area contributed by atoms with E-state index in [2.05, 4.69) is 11.0 Å². The van der Waals surface area contributed by atoms with Crippen LogP contribution in [0.25, 0.3) is 0 Å². The molecule has 2 rings (SSSR count). The maximum absolute atomic E-state index is 10.8. The Balaban J connectivity index is 1.80. The Morgan fingerprint density at radius 1 is 1.64 bits per heavy atom. The average molecular weight is 195 g/mol. The second-order valence-corrected chi connectivity index (χ2v) is 4.77. The summed E-state index contributed by atoms with van der Waals surface area (Å²) in [5, 5.41) is 8.93. The smallest absolute Gasteiger partial charge is 0.311 e. The van der Waals surface area contributed by atoms with Gasteiger partial charge in [0.05, 0.1) is 5.41 Å². The van der Waals surface area contributed by atoms with Crippen LogP contribution >= 0.6 is 0 Å². The van der Waals surface area contributed by atoms with Gasteiger partial charge in [-0.1, -0.05) is 11.6 Å². The highest BCUT2D eigenvalue weighted by atomic mass is 16.4. The van der Waals surface area contributed by atoms with Gasteiger partial charge in [0.25, 0.3) is 0 Å². The van der Waals surface area contributed by atoms with Crippen LogP contribution in [0.5, 0.6) is 0 Å². The van der Waals surface area contributed by atoms with E-state index in [1.807, 2.05) is 6.92 Å². The Morgan fingerprint density at radius 3 is 2.86 bits per heavy atom. The van der Waals surface area contributed by atoms with Crippen LogP contribution in [0.2, 0.25) is 0 Å². The predicted molar refractivity (Wildman–Crippen MR) is 54.1 cm³/mol. The van der Waals surface area contributed by atoms with Crippen molar-refractivity contribution in [1.82, 2.24) is 4.90 Å². The Hall–Kier alpha value is -0.830. The van der Waals surface area contributed by atoms with Crippen LogP contribution in [0.4, 0.5) is 0 Å². The lowest BCUT2D eigenvalue weighted by atomic mass is 9.82. The van der Waals surface area contributed by atoms with Crippen LogP contribution in [-0.2, 0) is 4.79 Å². The van der Waals surface area contributed by atoms with Gasteiger partial charge in [0.1, 0.15) is 0 Å². The Morgan fingerprint density at radius 2 is 2.36 bits per heavy atom. The summed E-state index contributed by atoms with van der Waals surface area (Å²) in [5.41, 5.74) is 1.01. The van der Waals surface area contributed by atoms with E-state index in [0.29, 0.717) is 13.1 Å². The second-order valence-electron chi connectivity index (χ2n) is 4.77.